The van der Waals surface area contributed by atoms with E-state index in [4.69, 9.17) is 5.11 Å². The number of alkyl halides is 3. The standard InChI is InChI=1S/C16H13F5N2O5/c17-9-3-7(16(19,20)21)4-10(18)8(9)6-23-2-1-11(24)13(15(23)28)14(27)22-5-12(25)26/h3-4,24H,1-2,5-6H2,(H,22,27)(H,25,26). The van der Waals surface area contributed by atoms with Crippen LogP contribution in [-0.4, -0.2) is 46.0 Å². The van der Waals surface area contributed by atoms with Gasteiger partial charge in [-0.2, -0.15) is 13.2 Å². The van der Waals surface area contributed by atoms with Crippen molar-refractivity contribution < 1.29 is 46.5 Å². The minimum Gasteiger partial charge on any atom is -0.511 e. The lowest BCUT2D eigenvalue weighted by atomic mass is 10.0. The van der Waals surface area contributed by atoms with Crippen LogP contribution in [0.1, 0.15) is 17.5 Å². The van der Waals surface area contributed by atoms with E-state index >= 15 is 0 Å². The Morgan fingerprint density at radius 3 is 2.25 bits per heavy atom. The third kappa shape index (κ3) is 4.56. The zero-order valence-electron chi connectivity index (χ0n) is 13.9. The summed E-state index contributed by atoms with van der Waals surface area (Å²) >= 11 is 0. The van der Waals surface area contributed by atoms with Crippen LogP contribution in [-0.2, 0) is 27.1 Å². The van der Waals surface area contributed by atoms with Gasteiger partial charge in [-0.3, -0.25) is 14.4 Å². The summed E-state index contributed by atoms with van der Waals surface area (Å²) in [4.78, 5) is 35.5. The van der Waals surface area contributed by atoms with Crippen LogP contribution in [0.2, 0.25) is 0 Å². The Kier molecular flexibility index (Phi) is 5.90. The molecule has 0 bridgehead atoms. The van der Waals surface area contributed by atoms with Gasteiger partial charge in [0, 0.05) is 18.5 Å². The van der Waals surface area contributed by atoms with Crippen LogP contribution in [0.5, 0.6) is 0 Å². The topological polar surface area (TPSA) is 107 Å². The number of aliphatic carboxylic acids is 1. The molecule has 0 saturated heterocycles. The van der Waals surface area contributed by atoms with Crippen molar-refractivity contribution >= 4 is 17.8 Å². The second kappa shape index (κ2) is 7.82. The van der Waals surface area contributed by atoms with Gasteiger partial charge in [-0.25, -0.2) is 8.78 Å². The number of rotatable bonds is 5. The number of hydrogen-bond acceptors (Lipinski definition) is 4. The van der Waals surface area contributed by atoms with Crippen molar-refractivity contribution in [2.75, 3.05) is 13.1 Å². The molecule has 0 aliphatic carbocycles. The van der Waals surface area contributed by atoms with E-state index in [1.807, 2.05) is 5.32 Å². The molecule has 152 valence electrons. The summed E-state index contributed by atoms with van der Waals surface area (Å²) in [6.07, 6.45) is -5.24. The van der Waals surface area contributed by atoms with E-state index in [2.05, 4.69) is 0 Å². The van der Waals surface area contributed by atoms with E-state index in [1.54, 1.807) is 0 Å². The highest BCUT2D eigenvalue weighted by Gasteiger charge is 2.35. The summed E-state index contributed by atoms with van der Waals surface area (Å²) in [5, 5.41) is 20.1. The number of carboxylic acids is 1. The molecule has 0 unspecified atom stereocenters. The molecule has 0 spiro atoms. The predicted octanol–water partition coefficient (Wildman–Crippen LogP) is 1.73. The molecule has 3 N–H and O–H groups in total. The lowest BCUT2D eigenvalue weighted by Gasteiger charge is -2.28. The average molecular weight is 408 g/mol. The van der Waals surface area contributed by atoms with E-state index in [1.165, 1.54) is 0 Å². The third-order valence-electron chi connectivity index (χ3n) is 3.85. The fourth-order valence-corrected chi connectivity index (χ4v) is 2.48. The van der Waals surface area contributed by atoms with Gasteiger partial charge in [0.1, 0.15) is 29.5 Å². The number of carbonyl (C=O) groups excluding carboxylic acids is 2. The van der Waals surface area contributed by atoms with Gasteiger partial charge in [-0.05, 0) is 12.1 Å². The quantitative estimate of drug-likeness (QED) is 0.508. The lowest BCUT2D eigenvalue weighted by Crippen LogP contribution is -2.43. The van der Waals surface area contributed by atoms with Gasteiger partial charge in [0.25, 0.3) is 11.8 Å². The largest absolute Gasteiger partial charge is 0.511 e. The van der Waals surface area contributed by atoms with Gasteiger partial charge >= 0.3 is 12.1 Å². The molecule has 2 rings (SSSR count). The van der Waals surface area contributed by atoms with Crippen molar-refractivity contribution in [3.05, 3.63) is 46.2 Å². The van der Waals surface area contributed by atoms with Crippen LogP contribution in [0.25, 0.3) is 0 Å². The molecule has 1 heterocycles. The predicted molar refractivity (Wildman–Crippen MR) is 81.7 cm³/mol. The molecule has 28 heavy (non-hydrogen) atoms. The van der Waals surface area contributed by atoms with Crippen molar-refractivity contribution in [2.45, 2.75) is 19.1 Å². The summed E-state index contributed by atoms with van der Waals surface area (Å²) < 4.78 is 65.7. The van der Waals surface area contributed by atoms with Gasteiger partial charge < -0.3 is 20.4 Å². The summed E-state index contributed by atoms with van der Waals surface area (Å²) in [5.74, 6) is -7.47. The van der Waals surface area contributed by atoms with Crippen molar-refractivity contribution in [1.29, 1.82) is 0 Å². The van der Waals surface area contributed by atoms with Crippen molar-refractivity contribution in [2.24, 2.45) is 0 Å². The van der Waals surface area contributed by atoms with Crippen LogP contribution < -0.4 is 5.32 Å². The van der Waals surface area contributed by atoms with Gasteiger partial charge in [0.05, 0.1) is 12.1 Å². The first kappa shape index (κ1) is 21.1. The number of nitrogens with zero attached hydrogens (tertiary/aromatic N) is 1. The molecular formula is C16H13F5N2O5. The highest BCUT2D eigenvalue weighted by Crippen LogP contribution is 2.32. The Bertz CT molecular complexity index is 842. The number of nitrogens with one attached hydrogen (secondary N) is 1. The molecule has 0 aromatic heterocycles. The van der Waals surface area contributed by atoms with E-state index < -0.39 is 71.1 Å². The lowest BCUT2D eigenvalue weighted by molar-refractivity contribution is -0.138. The normalized spacial score (nSPS) is 15.0. The van der Waals surface area contributed by atoms with Crippen LogP contribution >= 0.6 is 0 Å². The van der Waals surface area contributed by atoms with Crippen LogP contribution in [0.4, 0.5) is 22.0 Å². The maximum absolute atomic E-state index is 14.0. The Hall–Kier alpha value is -3.18. The zero-order valence-corrected chi connectivity index (χ0v) is 13.9. The number of benzene rings is 1. The molecule has 7 nitrogen and oxygen atoms in total. The summed E-state index contributed by atoms with van der Waals surface area (Å²) in [6.45, 7) is -1.90. The molecule has 0 saturated carbocycles. The maximum Gasteiger partial charge on any atom is 0.416 e. The SMILES string of the molecule is O=C(O)CNC(=O)C1=C(O)CCN(Cc2c(F)cc(C(F)(F)F)cc2F)C1=O. The Balaban J connectivity index is 2.25. The fraction of sp³-hybridized carbons (Fsp3) is 0.312. The first-order chi connectivity index (χ1) is 12.9. The number of aliphatic hydroxyl groups excluding tert-OH is 1. The number of carboxylic acid groups (broad SMARTS) is 1. The number of halogens is 5. The minimum atomic E-state index is -4.97. The molecule has 1 aromatic rings. The Morgan fingerprint density at radius 1 is 1.18 bits per heavy atom. The molecule has 2 amide bonds. The molecular weight excluding hydrogens is 395 g/mol. The van der Waals surface area contributed by atoms with Gasteiger partial charge in [-0.15, -0.1) is 0 Å². The van der Waals surface area contributed by atoms with E-state index in [0.717, 1.165) is 4.90 Å². The summed E-state index contributed by atoms with van der Waals surface area (Å²) in [5.41, 5.74) is -3.17. The number of carbonyl (C=O) groups is 3. The van der Waals surface area contributed by atoms with E-state index in [-0.39, 0.29) is 25.1 Å². The zero-order chi connectivity index (χ0) is 21.2. The molecule has 1 aliphatic rings. The fourth-order valence-electron chi connectivity index (χ4n) is 2.48. The van der Waals surface area contributed by atoms with Crippen LogP contribution in [0.3, 0.4) is 0 Å². The van der Waals surface area contributed by atoms with Gasteiger partial charge in [0.2, 0.25) is 0 Å². The van der Waals surface area contributed by atoms with Crippen molar-refractivity contribution in [3.8, 4) is 0 Å². The van der Waals surface area contributed by atoms with E-state index in [0.29, 0.717) is 0 Å². The number of aliphatic hydroxyl groups is 1. The molecule has 0 fully saturated rings. The van der Waals surface area contributed by atoms with Crippen molar-refractivity contribution in [1.82, 2.24) is 10.2 Å². The molecule has 0 atom stereocenters. The summed E-state index contributed by atoms with van der Waals surface area (Å²) in [7, 11) is 0. The summed E-state index contributed by atoms with van der Waals surface area (Å²) in [6, 6.07) is 0.168. The Labute approximate surface area is 154 Å². The highest BCUT2D eigenvalue weighted by atomic mass is 19.4. The highest BCUT2D eigenvalue weighted by molar-refractivity contribution is 6.19. The average Bonchev–Trinajstić information content (AvgIpc) is 2.57. The number of hydrogen-bond donors (Lipinski definition) is 3. The van der Waals surface area contributed by atoms with Crippen molar-refractivity contribution in [3.63, 3.8) is 0 Å². The molecule has 1 aliphatic heterocycles. The molecule has 0 radical (unpaired) electrons. The van der Waals surface area contributed by atoms with Crippen LogP contribution in [0.15, 0.2) is 23.5 Å². The van der Waals surface area contributed by atoms with E-state index in [9.17, 15) is 41.4 Å². The maximum atomic E-state index is 14.0. The smallest absolute Gasteiger partial charge is 0.416 e. The third-order valence-corrected chi connectivity index (χ3v) is 3.85. The van der Waals surface area contributed by atoms with Gasteiger partial charge in [0.15, 0.2) is 0 Å². The minimum absolute atomic E-state index is 0.0840. The first-order valence-corrected chi connectivity index (χ1v) is 7.68. The number of amides is 2. The Morgan fingerprint density at radius 2 is 1.75 bits per heavy atom. The monoisotopic (exact) mass is 408 g/mol. The second-order valence-corrected chi connectivity index (χ2v) is 5.79. The second-order valence-electron chi connectivity index (χ2n) is 5.79. The molecule has 1 aromatic carbocycles. The first-order valence-electron chi connectivity index (χ1n) is 7.68. The molecule has 12 heteroatoms. The van der Waals surface area contributed by atoms with Gasteiger partial charge in [-0.1, -0.05) is 0 Å². The van der Waals surface area contributed by atoms with Crippen LogP contribution in [0, 0.1) is 11.6 Å².